The van der Waals surface area contributed by atoms with E-state index in [0.29, 0.717) is 36.9 Å². The average molecular weight is 565 g/mol. The number of aliphatic hydroxyl groups is 1. The van der Waals surface area contributed by atoms with Gasteiger partial charge in [0.1, 0.15) is 0 Å². The molecule has 3 aromatic rings. The number of nitrogens with one attached hydrogen (secondary N) is 1. The molecule has 0 saturated heterocycles. The Labute approximate surface area is 227 Å². The van der Waals surface area contributed by atoms with Gasteiger partial charge in [0.25, 0.3) is 5.91 Å². The van der Waals surface area contributed by atoms with E-state index in [-0.39, 0.29) is 41.9 Å². The molecule has 1 atom stereocenters. The Morgan fingerprint density at radius 2 is 1.72 bits per heavy atom. The highest BCUT2D eigenvalue weighted by molar-refractivity contribution is 7.91. The van der Waals surface area contributed by atoms with Gasteiger partial charge in [-0.25, -0.2) is 8.42 Å². The topological polar surface area (TPSA) is 88.4 Å². The second kappa shape index (κ2) is 11.7. The number of hydrogen-bond acceptors (Lipinski definition) is 4. The number of amides is 1. The van der Waals surface area contributed by atoms with E-state index in [1.807, 2.05) is 19.1 Å². The van der Waals surface area contributed by atoms with Crippen molar-refractivity contribution in [3.63, 3.8) is 0 Å². The molecule has 2 N–H and O–H groups in total. The molecule has 1 amide bonds. The lowest BCUT2D eigenvalue weighted by Crippen LogP contribution is -2.30. The minimum absolute atomic E-state index is 0.0182. The molecule has 39 heavy (non-hydrogen) atoms. The van der Waals surface area contributed by atoms with Crippen LogP contribution in [0.1, 0.15) is 67.2 Å². The molecule has 1 saturated carbocycles. The van der Waals surface area contributed by atoms with Crippen molar-refractivity contribution in [1.82, 2.24) is 9.88 Å². The van der Waals surface area contributed by atoms with Crippen LogP contribution < -0.4 is 5.32 Å². The van der Waals surface area contributed by atoms with Gasteiger partial charge in [-0.2, -0.15) is 13.2 Å². The van der Waals surface area contributed by atoms with Crippen molar-refractivity contribution in [1.29, 1.82) is 0 Å². The maximum absolute atomic E-state index is 13.1. The first-order valence-corrected chi connectivity index (χ1v) is 15.0. The van der Waals surface area contributed by atoms with Crippen molar-refractivity contribution in [2.45, 2.75) is 69.6 Å². The van der Waals surface area contributed by atoms with E-state index in [1.54, 1.807) is 31.2 Å². The highest BCUT2D eigenvalue weighted by atomic mass is 32.2. The number of aromatic nitrogens is 1. The molecule has 1 aliphatic carbocycles. The predicted octanol–water partition coefficient (Wildman–Crippen LogP) is 5.83. The lowest BCUT2D eigenvalue weighted by Gasteiger charge is -2.30. The first-order chi connectivity index (χ1) is 18.5. The largest absolute Gasteiger partial charge is 0.394 e. The van der Waals surface area contributed by atoms with Crippen molar-refractivity contribution < 1.29 is 31.5 Å². The van der Waals surface area contributed by atoms with Crippen molar-refractivity contribution in [3.05, 3.63) is 65.4 Å². The Morgan fingerprint density at radius 1 is 1.05 bits per heavy atom. The van der Waals surface area contributed by atoms with Gasteiger partial charge in [-0.3, -0.25) is 4.79 Å². The third kappa shape index (κ3) is 6.49. The number of nitrogens with zero attached hydrogens (tertiary/aromatic N) is 1. The van der Waals surface area contributed by atoms with Crippen LogP contribution in [0.4, 0.5) is 13.2 Å². The second-order valence-electron chi connectivity index (χ2n) is 10.3. The number of carbonyl (C=O) groups is 1. The van der Waals surface area contributed by atoms with Crippen LogP contribution in [0.25, 0.3) is 10.9 Å². The lowest BCUT2D eigenvalue weighted by molar-refractivity contribution is -0.183. The number of halogens is 3. The van der Waals surface area contributed by atoms with E-state index < -0.39 is 28.0 Å². The molecule has 212 valence electrons. The number of alkyl halides is 3. The Balaban J connectivity index is 1.48. The molecule has 0 spiro atoms. The first-order valence-electron chi connectivity index (χ1n) is 13.4. The average Bonchev–Trinajstić information content (AvgIpc) is 3.27. The zero-order chi connectivity index (χ0) is 28.4. The number of carbonyl (C=O) groups excluding carboxylic acids is 1. The highest BCUT2D eigenvalue weighted by Crippen LogP contribution is 2.40. The quantitative estimate of drug-likeness (QED) is 0.342. The van der Waals surface area contributed by atoms with Gasteiger partial charge in [0.05, 0.1) is 29.2 Å². The van der Waals surface area contributed by atoms with Crippen LogP contribution in [0, 0.1) is 11.8 Å². The molecular weight excluding hydrogens is 529 g/mol. The third-order valence-electron chi connectivity index (χ3n) is 7.88. The van der Waals surface area contributed by atoms with Gasteiger partial charge in [0, 0.05) is 28.7 Å². The summed E-state index contributed by atoms with van der Waals surface area (Å²) in [7, 11) is -3.35. The van der Waals surface area contributed by atoms with Crippen molar-refractivity contribution >= 4 is 26.6 Å². The van der Waals surface area contributed by atoms with Gasteiger partial charge in [-0.1, -0.05) is 19.1 Å². The standard InChI is InChI=1S/C29H35F3N2O4S/c1-3-34-24(15-19-5-10-23(11-6-19)29(30,31)32)17-22-16-21(9-14-27(22)34)28(36)33-26(18-35)20-7-12-25(13-8-20)39(37,38)4-2/h7-9,12-14,16-17,19,23,26,35H,3-6,10-11,15,18H2,1-2H3,(H,33,36)/t19-,23-,26-/m0/s1. The normalized spacial score (nSPS) is 19.2. The summed E-state index contributed by atoms with van der Waals surface area (Å²) < 4.78 is 65.4. The molecule has 10 heteroatoms. The van der Waals surface area contributed by atoms with E-state index in [9.17, 15) is 31.5 Å². The van der Waals surface area contributed by atoms with Crippen molar-refractivity contribution in [2.75, 3.05) is 12.4 Å². The summed E-state index contributed by atoms with van der Waals surface area (Å²) in [4.78, 5) is 13.3. The fraction of sp³-hybridized carbons (Fsp3) is 0.483. The number of sulfone groups is 1. The highest BCUT2D eigenvalue weighted by Gasteiger charge is 2.41. The summed E-state index contributed by atoms with van der Waals surface area (Å²) in [6, 6.07) is 12.8. The van der Waals surface area contributed by atoms with Gasteiger partial charge in [-0.15, -0.1) is 0 Å². The Hall–Kier alpha value is -2.85. The molecular formula is C29H35F3N2O4S. The van der Waals surface area contributed by atoms with E-state index in [1.165, 1.54) is 12.1 Å². The van der Waals surface area contributed by atoms with E-state index in [4.69, 9.17) is 0 Å². The van der Waals surface area contributed by atoms with Crippen LogP contribution in [0.15, 0.2) is 53.4 Å². The van der Waals surface area contributed by atoms with Crippen LogP contribution in [-0.4, -0.2) is 42.5 Å². The fourth-order valence-electron chi connectivity index (χ4n) is 5.55. The summed E-state index contributed by atoms with van der Waals surface area (Å²) in [5.74, 6) is -1.39. The first kappa shape index (κ1) is 29.1. The van der Waals surface area contributed by atoms with Gasteiger partial charge in [0.15, 0.2) is 9.84 Å². The Kier molecular flexibility index (Phi) is 8.75. The number of benzene rings is 2. The van der Waals surface area contributed by atoms with E-state index >= 15 is 0 Å². The van der Waals surface area contributed by atoms with Crippen molar-refractivity contribution in [3.8, 4) is 0 Å². The smallest absolute Gasteiger partial charge is 0.391 e. The van der Waals surface area contributed by atoms with Gasteiger partial charge >= 0.3 is 6.18 Å². The summed E-state index contributed by atoms with van der Waals surface area (Å²) in [5, 5.41) is 13.6. The van der Waals surface area contributed by atoms with Crippen LogP contribution >= 0.6 is 0 Å². The molecule has 6 nitrogen and oxygen atoms in total. The number of fused-ring (bicyclic) bond motifs is 1. The number of aryl methyl sites for hydroxylation is 1. The molecule has 0 bridgehead atoms. The maximum atomic E-state index is 13.1. The zero-order valence-corrected chi connectivity index (χ0v) is 23.0. The summed E-state index contributed by atoms with van der Waals surface area (Å²) in [5.41, 5.74) is 3.01. The number of rotatable bonds is 9. The fourth-order valence-corrected chi connectivity index (χ4v) is 6.44. The molecule has 0 unspecified atom stereocenters. The van der Waals surface area contributed by atoms with E-state index in [2.05, 4.69) is 9.88 Å². The zero-order valence-electron chi connectivity index (χ0n) is 22.2. The molecule has 1 fully saturated rings. The maximum Gasteiger partial charge on any atom is 0.391 e. The number of aliphatic hydroxyl groups excluding tert-OH is 1. The minimum atomic E-state index is -4.12. The molecule has 1 aliphatic rings. The molecule has 4 rings (SSSR count). The van der Waals surface area contributed by atoms with Crippen LogP contribution in [0.5, 0.6) is 0 Å². The molecule has 1 heterocycles. The lowest BCUT2D eigenvalue weighted by atomic mass is 9.79. The van der Waals surface area contributed by atoms with Gasteiger partial charge in [-0.05, 0) is 86.9 Å². The monoisotopic (exact) mass is 564 g/mol. The van der Waals surface area contributed by atoms with Crippen LogP contribution in [-0.2, 0) is 22.8 Å². The Morgan fingerprint density at radius 3 is 2.28 bits per heavy atom. The summed E-state index contributed by atoms with van der Waals surface area (Å²) >= 11 is 0. The molecule has 2 aromatic carbocycles. The van der Waals surface area contributed by atoms with Gasteiger partial charge < -0.3 is 15.0 Å². The molecule has 1 aromatic heterocycles. The predicted molar refractivity (Wildman–Crippen MR) is 144 cm³/mol. The molecule has 0 aliphatic heterocycles. The van der Waals surface area contributed by atoms with Crippen molar-refractivity contribution in [2.24, 2.45) is 11.8 Å². The SMILES string of the molecule is CCn1c(C[C@H]2CC[C@H](C(F)(F)F)CC2)cc2cc(C(=O)N[C@@H](CO)c3ccc(S(=O)(=O)CC)cc3)ccc21. The second-order valence-corrected chi connectivity index (χ2v) is 12.6. The van der Waals surface area contributed by atoms with Crippen LogP contribution in [0.3, 0.4) is 0 Å². The van der Waals surface area contributed by atoms with Crippen LogP contribution in [0.2, 0.25) is 0 Å². The minimum Gasteiger partial charge on any atom is -0.394 e. The Bertz CT molecular complexity index is 1410. The van der Waals surface area contributed by atoms with E-state index in [0.717, 1.165) is 16.6 Å². The summed E-state index contributed by atoms with van der Waals surface area (Å²) in [6.07, 6.45) is -1.96. The van der Waals surface area contributed by atoms with Gasteiger partial charge in [0.2, 0.25) is 0 Å². The number of hydrogen-bond donors (Lipinski definition) is 2. The summed E-state index contributed by atoms with van der Waals surface area (Å²) in [6.45, 7) is 3.93. The molecule has 0 radical (unpaired) electrons. The third-order valence-corrected chi connectivity index (χ3v) is 9.63.